The molecule has 1 heterocycles. The maximum atomic E-state index is 10.8. The number of hydrogen-bond donors (Lipinski definition) is 0. The van der Waals surface area contributed by atoms with E-state index in [2.05, 4.69) is 15.0 Å². The number of nitrogens with zero attached hydrogens (tertiary/aromatic N) is 3. The Morgan fingerprint density at radius 3 is 2.67 bits per heavy atom. The first-order valence-electron chi connectivity index (χ1n) is 4.62. The van der Waals surface area contributed by atoms with Crippen LogP contribution in [-0.4, -0.2) is 28.1 Å². The van der Waals surface area contributed by atoms with Gasteiger partial charge < -0.3 is 4.74 Å². The fourth-order valence-electron chi connectivity index (χ4n) is 0.902. The third-order valence-electron chi connectivity index (χ3n) is 1.79. The average Bonchev–Trinajstić information content (AvgIpc) is 2.61. The molecule has 0 bridgehead atoms. The van der Waals surface area contributed by atoms with Crippen LogP contribution in [0.4, 0.5) is 0 Å². The summed E-state index contributed by atoms with van der Waals surface area (Å²) in [4.78, 5) is 10.8. The van der Waals surface area contributed by atoms with Crippen LogP contribution < -0.4 is 0 Å². The molecule has 0 unspecified atom stereocenters. The molecule has 0 radical (unpaired) electrons. The molecule has 0 aromatic carbocycles. The van der Waals surface area contributed by atoms with Crippen LogP contribution in [0.5, 0.6) is 0 Å². The van der Waals surface area contributed by atoms with Crippen molar-refractivity contribution in [3.63, 3.8) is 0 Å². The number of hydrogen-bond acceptors (Lipinski definition) is 4. The lowest BCUT2D eigenvalue weighted by atomic mass is 10.1. The maximum Gasteiger partial charge on any atom is 0.330 e. The molecule has 1 aromatic rings. The van der Waals surface area contributed by atoms with E-state index in [1.54, 1.807) is 17.0 Å². The average molecular weight is 209 g/mol. The van der Waals surface area contributed by atoms with Crippen molar-refractivity contribution in [1.82, 2.24) is 15.0 Å². The first-order valence-corrected chi connectivity index (χ1v) is 4.62. The van der Waals surface area contributed by atoms with E-state index in [0.717, 1.165) is 0 Å². The maximum absolute atomic E-state index is 10.8. The van der Waals surface area contributed by atoms with Gasteiger partial charge in [0.2, 0.25) is 0 Å². The fourth-order valence-corrected chi connectivity index (χ4v) is 0.902. The molecule has 5 nitrogen and oxygen atoms in total. The molecule has 0 aliphatic carbocycles. The fraction of sp³-hybridized carbons (Fsp3) is 0.500. The summed E-state index contributed by atoms with van der Waals surface area (Å²) in [6, 6.07) is 0. The zero-order valence-electron chi connectivity index (χ0n) is 9.39. The standard InChI is InChI=1S/C10H15N3O2/c1-10(2,3)13-7-8(11-12-13)5-6-9(14)15-4/h5-7H,1-4H3. The van der Waals surface area contributed by atoms with Gasteiger partial charge in [-0.15, -0.1) is 5.10 Å². The Bertz CT molecular complexity index is 374. The highest BCUT2D eigenvalue weighted by molar-refractivity contribution is 5.86. The number of esters is 1. The van der Waals surface area contributed by atoms with Gasteiger partial charge in [0.1, 0.15) is 5.69 Å². The molecule has 0 fully saturated rings. The predicted octanol–water partition coefficient (Wildman–Crippen LogP) is 1.22. The lowest BCUT2D eigenvalue weighted by Gasteiger charge is -2.17. The van der Waals surface area contributed by atoms with E-state index >= 15 is 0 Å². The van der Waals surface area contributed by atoms with Crippen molar-refractivity contribution >= 4 is 12.0 Å². The summed E-state index contributed by atoms with van der Waals surface area (Å²) in [5.74, 6) is -0.402. The molecule has 15 heavy (non-hydrogen) atoms. The third kappa shape index (κ3) is 3.19. The summed E-state index contributed by atoms with van der Waals surface area (Å²) in [6.07, 6.45) is 4.66. The lowest BCUT2D eigenvalue weighted by molar-refractivity contribution is -0.134. The van der Waals surface area contributed by atoms with E-state index in [1.165, 1.54) is 13.2 Å². The molecule has 0 spiro atoms. The molecule has 0 aliphatic heterocycles. The minimum atomic E-state index is -0.402. The van der Waals surface area contributed by atoms with E-state index in [-0.39, 0.29) is 5.54 Å². The van der Waals surface area contributed by atoms with Crippen LogP contribution in [0.25, 0.3) is 6.08 Å². The SMILES string of the molecule is COC(=O)C=Cc1cn(C(C)(C)C)nn1. The molecule has 0 saturated heterocycles. The molecule has 0 aliphatic rings. The Balaban J connectivity index is 2.77. The Kier molecular flexibility index (Phi) is 3.24. The van der Waals surface area contributed by atoms with Crippen molar-refractivity contribution in [2.24, 2.45) is 0 Å². The van der Waals surface area contributed by atoms with E-state index in [9.17, 15) is 4.79 Å². The third-order valence-corrected chi connectivity index (χ3v) is 1.79. The van der Waals surface area contributed by atoms with Gasteiger partial charge in [0.05, 0.1) is 18.8 Å². The molecule has 0 atom stereocenters. The van der Waals surface area contributed by atoms with Crippen LogP contribution in [0.3, 0.4) is 0 Å². The van der Waals surface area contributed by atoms with Crippen LogP contribution in [0.2, 0.25) is 0 Å². The molecular weight excluding hydrogens is 194 g/mol. The van der Waals surface area contributed by atoms with Gasteiger partial charge >= 0.3 is 5.97 Å². The molecule has 5 heteroatoms. The summed E-state index contributed by atoms with van der Waals surface area (Å²) in [6.45, 7) is 6.07. The minimum absolute atomic E-state index is 0.107. The summed E-state index contributed by atoms with van der Waals surface area (Å²) in [5.41, 5.74) is 0.528. The predicted molar refractivity (Wildman–Crippen MR) is 56.1 cm³/mol. The molecule has 0 amide bonds. The number of aromatic nitrogens is 3. The quantitative estimate of drug-likeness (QED) is 0.543. The van der Waals surface area contributed by atoms with Gasteiger partial charge in [0.15, 0.2) is 0 Å². The number of carbonyl (C=O) groups excluding carboxylic acids is 1. The van der Waals surface area contributed by atoms with Crippen molar-refractivity contribution in [1.29, 1.82) is 0 Å². The Morgan fingerprint density at radius 1 is 1.53 bits per heavy atom. The van der Waals surface area contributed by atoms with E-state index < -0.39 is 5.97 Å². The largest absolute Gasteiger partial charge is 0.466 e. The van der Waals surface area contributed by atoms with Crippen LogP contribution in [0.1, 0.15) is 26.5 Å². The van der Waals surface area contributed by atoms with Crippen LogP contribution in [0.15, 0.2) is 12.3 Å². The number of methoxy groups -OCH3 is 1. The molecule has 1 aromatic heterocycles. The van der Waals surface area contributed by atoms with Crippen molar-refractivity contribution < 1.29 is 9.53 Å². The monoisotopic (exact) mass is 209 g/mol. The summed E-state index contributed by atoms with van der Waals surface area (Å²) in [5, 5.41) is 7.86. The smallest absolute Gasteiger partial charge is 0.330 e. The van der Waals surface area contributed by atoms with Gasteiger partial charge in [-0.2, -0.15) is 0 Å². The molecule has 0 saturated carbocycles. The second-order valence-electron chi connectivity index (χ2n) is 4.12. The molecule has 0 N–H and O–H groups in total. The van der Waals surface area contributed by atoms with Gasteiger partial charge in [-0.1, -0.05) is 5.21 Å². The highest BCUT2D eigenvalue weighted by Crippen LogP contribution is 2.12. The second-order valence-corrected chi connectivity index (χ2v) is 4.12. The van der Waals surface area contributed by atoms with E-state index in [0.29, 0.717) is 5.69 Å². The molecule has 82 valence electrons. The van der Waals surface area contributed by atoms with Gasteiger partial charge in [-0.05, 0) is 26.8 Å². The topological polar surface area (TPSA) is 57.0 Å². The van der Waals surface area contributed by atoms with E-state index in [4.69, 9.17) is 0 Å². The first-order chi connectivity index (χ1) is 6.93. The first kappa shape index (κ1) is 11.4. The van der Waals surface area contributed by atoms with Gasteiger partial charge in [0.25, 0.3) is 0 Å². The molecule has 1 rings (SSSR count). The number of rotatable bonds is 2. The van der Waals surface area contributed by atoms with Crippen LogP contribution in [0, 0.1) is 0 Å². The minimum Gasteiger partial charge on any atom is -0.466 e. The van der Waals surface area contributed by atoms with Crippen LogP contribution in [-0.2, 0) is 15.1 Å². The zero-order valence-corrected chi connectivity index (χ0v) is 9.39. The summed E-state index contributed by atoms with van der Waals surface area (Å²) >= 11 is 0. The second kappa shape index (κ2) is 4.25. The number of carbonyl (C=O) groups is 1. The zero-order chi connectivity index (χ0) is 11.5. The van der Waals surface area contributed by atoms with Crippen molar-refractivity contribution in [3.05, 3.63) is 18.0 Å². The highest BCUT2D eigenvalue weighted by atomic mass is 16.5. The molecular formula is C10H15N3O2. The lowest BCUT2D eigenvalue weighted by Crippen LogP contribution is -2.22. The van der Waals surface area contributed by atoms with Crippen LogP contribution >= 0.6 is 0 Å². The van der Waals surface area contributed by atoms with Crippen molar-refractivity contribution in [2.45, 2.75) is 26.3 Å². The highest BCUT2D eigenvalue weighted by Gasteiger charge is 2.14. The van der Waals surface area contributed by atoms with Gasteiger partial charge in [-0.3, -0.25) is 0 Å². The Morgan fingerprint density at radius 2 is 2.20 bits per heavy atom. The van der Waals surface area contributed by atoms with E-state index in [1.807, 2.05) is 20.8 Å². The van der Waals surface area contributed by atoms with Gasteiger partial charge in [0, 0.05) is 6.08 Å². The Labute approximate surface area is 88.7 Å². The van der Waals surface area contributed by atoms with Crippen molar-refractivity contribution in [3.8, 4) is 0 Å². The van der Waals surface area contributed by atoms with Crippen molar-refractivity contribution in [2.75, 3.05) is 7.11 Å². The van der Waals surface area contributed by atoms with Gasteiger partial charge in [-0.25, -0.2) is 9.48 Å². The summed E-state index contributed by atoms with van der Waals surface area (Å²) in [7, 11) is 1.33. The summed E-state index contributed by atoms with van der Waals surface area (Å²) < 4.78 is 6.21. The Hall–Kier alpha value is -1.65. The normalized spacial score (nSPS) is 12.0. The number of ether oxygens (including phenoxy) is 1.